The molecular weight excluding hydrogens is 248 g/mol. The number of ether oxygens (including phenoxy) is 1. The number of hydrogen-bond acceptors (Lipinski definition) is 3. The van der Waals surface area contributed by atoms with Crippen molar-refractivity contribution in [2.45, 2.75) is 33.2 Å². The molecule has 1 saturated heterocycles. The second-order valence-electron chi connectivity index (χ2n) is 6.96. The Morgan fingerprint density at radius 1 is 1.35 bits per heavy atom. The summed E-state index contributed by atoms with van der Waals surface area (Å²) in [5, 5.41) is 0. The first-order valence-electron chi connectivity index (χ1n) is 7.52. The molecule has 3 nitrogen and oxygen atoms in total. The number of methoxy groups -OCH3 is 1. The Bertz CT molecular complexity index is 439. The number of para-hydroxylation sites is 1. The van der Waals surface area contributed by atoms with Gasteiger partial charge in [0.05, 0.1) is 7.11 Å². The zero-order chi connectivity index (χ0) is 14.8. The molecule has 2 unspecified atom stereocenters. The average molecular weight is 276 g/mol. The smallest absolute Gasteiger partial charge is 0.123 e. The summed E-state index contributed by atoms with van der Waals surface area (Å²) in [6, 6.07) is 8.09. The molecule has 0 saturated carbocycles. The van der Waals surface area contributed by atoms with Crippen LogP contribution in [0.25, 0.3) is 0 Å². The van der Waals surface area contributed by atoms with Gasteiger partial charge in [0.2, 0.25) is 0 Å². The monoisotopic (exact) mass is 276 g/mol. The summed E-state index contributed by atoms with van der Waals surface area (Å²) in [5.74, 6) is 1.67. The van der Waals surface area contributed by atoms with E-state index in [4.69, 9.17) is 10.5 Å². The van der Waals surface area contributed by atoms with Gasteiger partial charge in [-0.25, -0.2) is 0 Å². The van der Waals surface area contributed by atoms with Crippen molar-refractivity contribution in [2.75, 3.05) is 26.7 Å². The van der Waals surface area contributed by atoms with Crippen LogP contribution in [-0.2, 0) is 0 Å². The third-order valence-corrected chi connectivity index (χ3v) is 4.49. The maximum absolute atomic E-state index is 6.38. The van der Waals surface area contributed by atoms with Crippen LogP contribution in [-0.4, -0.2) is 31.6 Å². The molecule has 0 aliphatic carbocycles. The van der Waals surface area contributed by atoms with Crippen molar-refractivity contribution < 1.29 is 4.74 Å². The molecule has 0 amide bonds. The van der Waals surface area contributed by atoms with Gasteiger partial charge in [-0.3, -0.25) is 0 Å². The van der Waals surface area contributed by atoms with E-state index in [9.17, 15) is 0 Å². The minimum absolute atomic E-state index is 0.0184. The number of nitrogens with two attached hydrogens (primary N) is 1. The second-order valence-corrected chi connectivity index (χ2v) is 6.96. The number of nitrogens with zero attached hydrogens (tertiary/aromatic N) is 1. The molecule has 0 aromatic heterocycles. The van der Waals surface area contributed by atoms with Crippen LogP contribution >= 0.6 is 0 Å². The third kappa shape index (κ3) is 3.53. The molecule has 2 atom stereocenters. The SMILES string of the molecule is COc1ccccc1C(N)CN1CCC(C(C)(C)C)C1. The fraction of sp³-hybridized carbons (Fsp3) is 0.647. The van der Waals surface area contributed by atoms with Gasteiger partial charge in [0.15, 0.2) is 0 Å². The van der Waals surface area contributed by atoms with Crippen molar-refractivity contribution in [3.8, 4) is 5.75 Å². The summed E-state index contributed by atoms with van der Waals surface area (Å²) >= 11 is 0. The predicted molar refractivity (Wildman–Crippen MR) is 83.9 cm³/mol. The standard InChI is InChI=1S/C17H28N2O/c1-17(2,3)13-9-10-19(11-13)12-15(18)14-7-5-6-8-16(14)20-4/h5-8,13,15H,9-12,18H2,1-4H3. The highest BCUT2D eigenvalue weighted by atomic mass is 16.5. The Hall–Kier alpha value is -1.06. The van der Waals surface area contributed by atoms with Crippen LogP contribution < -0.4 is 10.5 Å². The Morgan fingerprint density at radius 3 is 2.65 bits per heavy atom. The van der Waals surface area contributed by atoms with Crippen molar-refractivity contribution in [1.82, 2.24) is 4.90 Å². The van der Waals surface area contributed by atoms with E-state index in [2.05, 4.69) is 31.7 Å². The zero-order valence-electron chi connectivity index (χ0n) is 13.2. The minimum atomic E-state index is 0.0184. The third-order valence-electron chi connectivity index (χ3n) is 4.49. The first-order valence-corrected chi connectivity index (χ1v) is 7.52. The van der Waals surface area contributed by atoms with E-state index in [0.29, 0.717) is 5.41 Å². The fourth-order valence-corrected chi connectivity index (χ4v) is 3.05. The van der Waals surface area contributed by atoms with Crippen molar-refractivity contribution in [2.24, 2.45) is 17.1 Å². The summed E-state index contributed by atoms with van der Waals surface area (Å²) in [5.41, 5.74) is 7.88. The quantitative estimate of drug-likeness (QED) is 0.918. The highest BCUT2D eigenvalue weighted by Crippen LogP contribution is 2.34. The molecule has 2 N–H and O–H groups in total. The van der Waals surface area contributed by atoms with E-state index >= 15 is 0 Å². The van der Waals surface area contributed by atoms with Crippen molar-refractivity contribution in [3.05, 3.63) is 29.8 Å². The van der Waals surface area contributed by atoms with Gasteiger partial charge in [0.25, 0.3) is 0 Å². The van der Waals surface area contributed by atoms with Gasteiger partial charge >= 0.3 is 0 Å². The van der Waals surface area contributed by atoms with Crippen molar-refractivity contribution >= 4 is 0 Å². The predicted octanol–water partition coefficient (Wildman–Crippen LogP) is 3.06. The number of likely N-dealkylation sites (tertiary alicyclic amines) is 1. The van der Waals surface area contributed by atoms with Gasteiger partial charge in [-0.05, 0) is 30.4 Å². The summed E-state index contributed by atoms with van der Waals surface area (Å²) in [6.45, 7) is 10.2. The van der Waals surface area contributed by atoms with E-state index in [1.165, 1.54) is 6.42 Å². The molecule has 1 aliphatic rings. The lowest BCUT2D eigenvalue weighted by molar-refractivity contribution is 0.224. The number of hydrogen-bond donors (Lipinski definition) is 1. The van der Waals surface area contributed by atoms with Gasteiger partial charge in [-0.1, -0.05) is 39.0 Å². The topological polar surface area (TPSA) is 38.5 Å². The van der Waals surface area contributed by atoms with E-state index in [1.807, 2.05) is 18.2 Å². The van der Waals surface area contributed by atoms with E-state index in [0.717, 1.165) is 36.9 Å². The molecule has 3 heteroatoms. The maximum Gasteiger partial charge on any atom is 0.123 e. The molecule has 0 radical (unpaired) electrons. The maximum atomic E-state index is 6.38. The normalized spacial score (nSPS) is 21.9. The molecule has 2 rings (SSSR count). The van der Waals surface area contributed by atoms with Crippen LogP contribution in [0.3, 0.4) is 0 Å². The Morgan fingerprint density at radius 2 is 2.05 bits per heavy atom. The molecule has 1 aliphatic heterocycles. The summed E-state index contributed by atoms with van der Waals surface area (Å²) in [6.07, 6.45) is 1.28. The van der Waals surface area contributed by atoms with Gasteiger partial charge in [-0.2, -0.15) is 0 Å². The molecule has 112 valence electrons. The van der Waals surface area contributed by atoms with E-state index < -0.39 is 0 Å². The fourth-order valence-electron chi connectivity index (χ4n) is 3.05. The minimum Gasteiger partial charge on any atom is -0.496 e. The van der Waals surface area contributed by atoms with Crippen LogP contribution in [0, 0.1) is 11.3 Å². The zero-order valence-corrected chi connectivity index (χ0v) is 13.2. The molecule has 0 bridgehead atoms. The van der Waals surface area contributed by atoms with E-state index in [-0.39, 0.29) is 6.04 Å². The number of benzene rings is 1. The van der Waals surface area contributed by atoms with Crippen LogP contribution in [0.2, 0.25) is 0 Å². The second kappa shape index (κ2) is 6.15. The Kier molecular flexibility index (Phi) is 4.71. The molecule has 1 fully saturated rings. The summed E-state index contributed by atoms with van der Waals surface area (Å²) < 4.78 is 5.41. The Labute approximate surface area is 123 Å². The molecule has 1 heterocycles. The molecule has 0 spiro atoms. The van der Waals surface area contributed by atoms with Crippen LogP contribution in [0.15, 0.2) is 24.3 Å². The summed E-state index contributed by atoms with van der Waals surface area (Å²) in [7, 11) is 1.71. The van der Waals surface area contributed by atoms with Crippen molar-refractivity contribution in [1.29, 1.82) is 0 Å². The largest absolute Gasteiger partial charge is 0.496 e. The van der Waals surface area contributed by atoms with E-state index in [1.54, 1.807) is 7.11 Å². The molecule has 1 aromatic rings. The van der Waals surface area contributed by atoms with Gasteiger partial charge in [0, 0.05) is 24.7 Å². The van der Waals surface area contributed by atoms with Crippen molar-refractivity contribution in [3.63, 3.8) is 0 Å². The number of rotatable bonds is 4. The van der Waals surface area contributed by atoms with Gasteiger partial charge in [0.1, 0.15) is 5.75 Å². The lowest BCUT2D eigenvalue weighted by Gasteiger charge is -2.28. The molecule has 20 heavy (non-hydrogen) atoms. The van der Waals surface area contributed by atoms with Crippen LogP contribution in [0.5, 0.6) is 5.75 Å². The first kappa shape index (κ1) is 15.3. The highest BCUT2D eigenvalue weighted by molar-refractivity contribution is 5.35. The molecular formula is C17H28N2O. The Balaban J connectivity index is 1.97. The van der Waals surface area contributed by atoms with Crippen LogP contribution in [0.4, 0.5) is 0 Å². The van der Waals surface area contributed by atoms with Crippen LogP contribution in [0.1, 0.15) is 38.8 Å². The first-order chi connectivity index (χ1) is 9.41. The molecule has 1 aromatic carbocycles. The van der Waals surface area contributed by atoms with Gasteiger partial charge < -0.3 is 15.4 Å². The lowest BCUT2D eigenvalue weighted by Crippen LogP contribution is -2.32. The highest BCUT2D eigenvalue weighted by Gasteiger charge is 2.32. The summed E-state index contributed by atoms with van der Waals surface area (Å²) in [4.78, 5) is 2.49. The van der Waals surface area contributed by atoms with Gasteiger partial charge in [-0.15, -0.1) is 0 Å². The lowest BCUT2D eigenvalue weighted by atomic mass is 9.80. The average Bonchev–Trinajstić information content (AvgIpc) is 2.87.